The van der Waals surface area contributed by atoms with E-state index < -0.39 is 6.04 Å². The number of carbonyl (C=O) groups is 2. The molecule has 0 spiro atoms. The highest BCUT2D eigenvalue weighted by atomic mass is 35.5. The number of allylic oxidation sites excluding steroid dienone is 1. The van der Waals surface area contributed by atoms with Gasteiger partial charge in [0, 0.05) is 23.8 Å². The van der Waals surface area contributed by atoms with E-state index in [1.165, 1.54) is 0 Å². The van der Waals surface area contributed by atoms with E-state index in [0.29, 0.717) is 42.6 Å². The lowest BCUT2D eigenvalue weighted by Gasteiger charge is -2.34. The molecule has 1 saturated heterocycles. The van der Waals surface area contributed by atoms with Gasteiger partial charge in [-0.3, -0.25) is 4.79 Å². The highest BCUT2D eigenvalue weighted by Gasteiger charge is 2.33. The van der Waals surface area contributed by atoms with Gasteiger partial charge in [0.25, 0.3) is 5.91 Å². The van der Waals surface area contributed by atoms with Gasteiger partial charge in [-0.25, -0.2) is 4.79 Å². The Balaban J connectivity index is 1.95. The molecule has 2 aliphatic rings. The van der Waals surface area contributed by atoms with Crippen molar-refractivity contribution in [1.82, 2.24) is 15.5 Å². The number of carbonyl (C=O) groups excluding carboxylic acids is 2. The first kappa shape index (κ1) is 15.8. The van der Waals surface area contributed by atoms with Crippen molar-refractivity contribution < 1.29 is 14.3 Å². The first-order valence-corrected chi connectivity index (χ1v) is 7.85. The summed E-state index contributed by atoms with van der Waals surface area (Å²) in [4.78, 5) is 26.5. The number of hydrogen-bond donors (Lipinski definition) is 2. The molecule has 0 unspecified atom stereocenters. The largest absolute Gasteiger partial charge is 0.378 e. The van der Waals surface area contributed by atoms with Crippen molar-refractivity contribution in [2.75, 3.05) is 26.3 Å². The summed E-state index contributed by atoms with van der Waals surface area (Å²) in [5.74, 6) is -0.0850. The molecular weight excluding hydrogens is 318 g/mol. The summed E-state index contributed by atoms with van der Waals surface area (Å²) in [7, 11) is 0. The van der Waals surface area contributed by atoms with Crippen LogP contribution in [0, 0.1) is 0 Å². The molecule has 0 aromatic heterocycles. The summed E-state index contributed by atoms with van der Waals surface area (Å²) in [6.45, 7) is 3.91. The van der Waals surface area contributed by atoms with Crippen molar-refractivity contribution in [2.45, 2.75) is 13.0 Å². The molecule has 2 aliphatic heterocycles. The molecule has 0 saturated carbocycles. The van der Waals surface area contributed by atoms with Gasteiger partial charge in [0.2, 0.25) is 0 Å². The number of morpholine rings is 1. The molecule has 2 heterocycles. The Morgan fingerprint density at radius 1 is 1.26 bits per heavy atom. The molecule has 3 amide bonds. The Bertz CT molecular complexity index is 651. The fourth-order valence-corrected chi connectivity index (χ4v) is 2.95. The Labute approximate surface area is 139 Å². The summed E-state index contributed by atoms with van der Waals surface area (Å²) in [6, 6.07) is 6.32. The molecule has 0 bridgehead atoms. The second-order valence-corrected chi connectivity index (χ2v) is 5.96. The molecule has 0 aliphatic carbocycles. The minimum atomic E-state index is -0.489. The quantitative estimate of drug-likeness (QED) is 0.866. The fraction of sp³-hybridized carbons (Fsp3) is 0.375. The molecule has 3 rings (SSSR count). The summed E-state index contributed by atoms with van der Waals surface area (Å²) < 4.78 is 5.30. The normalized spacial score (nSPS) is 21.7. The lowest BCUT2D eigenvalue weighted by Crippen LogP contribution is -2.49. The van der Waals surface area contributed by atoms with Crippen LogP contribution >= 0.6 is 11.6 Å². The second kappa shape index (κ2) is 6.60. The molecule has 2 N–H and O–H groups in total. The van der Waals surface area contributed by atoms with Gasteiger partial charge in [-0.15, -0.1) is 0 Å². The third-order valence-electron chi connectivity index (χ3n) is 4.00. The zero-order valence-corrected chi connectivity index (χ0v) is 13.5. The maximum atomic E-state index is 12.9. The second-order valence-electron chi connectivity index (χ2n) is 5.53. The van der Waals surface area contributed by atoms with E-state index in [0.717, 1.165) is 5.56 Å². The van der Waals surface area contributed by atoms with E-state index in [9.17, 15) is 9.59 Å². The maximum absolute atomic E-state index is 12.9. The number of nitrogens with zero attached hydrogens (tertiary/aromatic N) is 1. The van der Waals surface area contributed by atoms with E-state index in [1.54, 1.807) is 24.0 Å². The van der Waals surface area contributed by atoms with E-state index in [2.05, 4.69) is 10.6 Å². The lowest BCUT2D eigenvalue weighted by molar-refractivity contribution is -0.131. The van der Waals surface area contributed by atoms with Gasteiger partial charge in [-0.05, 0) is 24.6 Å². The standard InChI is InChI=1S/C16H18ClN3O3/c1-10-13(15(21)20-6-8-23-9-7-20)14(19-16(22)18-10)11-2-4-12(17)5-3-11/h2-5,14H,6-9H2,1H3,(H2,18,19,22)/t14-/m0/s1. The Morgan fingerprint density at radius 3 is 2.57 bits per heavy atom. The molecule has 1 atom stereocenters. The third-order valence-corrected chi connectivity index (χ3v) is 4.25. The van der Waals surface area contributed by atoms with Gasteiger partial charge in [-0.1, -0.05) is 23.7 Å². The van der Waals surface area contributed by atoms with Crippen molar-refractivity contribution in [3.05, 3.63) is 46.1 Å². The Kier molecular flexibility index (Phi) is 4.54. The average Bonchev–Trinajstić information content (AvgIpc) is 2.55. The van der Waals surface area contributed by atoms with Crippen LogP contribution in [-0.4, -0.2) is 43.1 Å². The van der Waals surface area contributed by atoms with Gasteiger partial charge in [0.1, 0.15) is 0 Å². The average molecular weight is 336 g/mol. The van der Waals surface area contributed by atoms with Crippen LogP contribution in [0.5, 0.6) is 0 Å². The summed E-state index contributed by atoms with van der Waals surface area (Å²) in [6.07, 6.45) is 0. The summed E-state index contributed by atoms with van der Waals surface area (Å²) >= 11 is 5.93. The van der Waals surface area contributed by atoms with E-state index >= 15 is 0 Å². The van der Waals surface area contributed by atoms with Gasteiger partial charge in [-0.2, -0.15) is 0 Å². The van der Waals surface area contributed by atoms with Crippen molar-refractivity contribution in [3.63, 3.8) is 0 Å². The van der Waals surface area contributed by atoms with Crippen molar-refractivity contribution in [1.29, 1.82) is 0 Å². The van der Waals surface area contributed by atoms with Crippen LogP contribution in [0.4, 0.5) is 4.79 Å². The zero-order valence-electron chi connectivity index (χ0n) is 12.8. The van der Waals surface area contributed by atoms with Crippen LogP contribution in [0.3, 0.4) is 0 Å². The van der Waals surface area contributed by atoms with Crippen LogP contribution in [0.1, 0.15) is 18.5 Å². The number of halogens is 1. The molecule has 1 aromatic carbocycles. The van der Waals surface area contributed by atoms with Crippen molar-refractivity contribution in [3.8, 4) is 0 Å². The molecule has 6 nitrogen and oxygen atoms in total. The molecule has 23 heavy (non-hydrogen) atoms. The number of ether oxygens (including phenoxy) is 1. The first-order chi connectivity index (χ1) is 11.1. The van der Waals surface area contributed by atoms with E-state index in [1.807, 2.05) is 12.1 Å². The number of hydrogen-bond acceptors (Lipinski definition) is 3. The van der Waals surface area contributed by atoms with E-state index in [4.69, 9.17) is 16.3 Å². The van der Waals surface area contributed by atoms with Crippen LogP contribution in [0.2, 0.25) is 5.02 Å². The van der Waals surface area contributed by atoms with Gasteiger partial charge < -0.3 is 20.3 Å². The highest BCUT2D eigenvalue weighted by Crippen LogP contribution is 2.29. The van der Waals surface area contributed by atoms with Crippen molar-refractivity contribution >= 4 is 23.5 Å². The lowest BCUT2D eigenvalue weighted by atomic mass is 9.94. The predicted octanol–water partition coefficient (Wildman–Crippen LogP) is 1.83. The van der Waals surface area contributed by atoms with Crippen LogP contribution in [-0.2, 0) is 9.53 Å². The SMILES string of the molecule is CC1=C(C(=O)N2CCOCC2)[C@H](c2ccc(Cl)cc2)NC(=O)N1. The molecule has 1 aromatic rings. The van der Waals surface area contributed by atoms with Crippen LogP contribution in [0.15, 0.2) is 35.5 Å². The minimum Gasteiger partial charge on any atom is -0.378 e. The number of rotatable bonds is 2. The highest BCUT2D eigenvalue weighted by molar-refractivity contribution is 6.30. The zero-order chi connectivity index (χ0) is 16.4. The summed E-state index contributed by atoms with van der Waals surface area (Å²) in [5.41, 5.74) is 1.94. The first-order valence-electron chi connectivity index (χ1n) is 7.47. The van der Waals surface area contributed by atoms with Gasteiger partial charge in [0.05, 0.1) is 24.8 Å². The minimum absolute atomic E-state index is 0.0850. The topological polar surface area (TPSA) is 70.7 Å². The van der Waals surface area contributed by atoms with Gasteiger partial charge in [0.15, 0.2) is 0 Å². The summed E-state index contributed by atoms with van der Waals surface area (Å²) in [5, 5.41) is 6.12. The fourth-order valence-electron chi connectivity index (χ4n) is 2.82. The van der Waals surface area contributed by atoms with Crippen molar-refractivity contribution in [2.24, 2.45) is 0 Å². The monoisotopic (exact) mass is 335 g/mol. The predicted molar refractivity (Wildman–Crippen MR) is 86.0 cm³/mol. The molecule has 7 heteroatoms. The number of amides is 3. The van der Waals surface area contributed by atoms with E-state index in [-0.39, 0.29) is 11.9 Å². The smallest absolute Gasteiger partial charge is 0.319 e. The molecule has 1 fully saturated rings. The number of nitrogens with one attached hydrogen (secondary N) is 2. The molecule has 122 valence electrons. The van der Waals surface area contributed by atoms with Gasteiger partial charge >= 0.3 is 6.03 Å². The Hall–Kier alpha value is -2.05. The van der Waals surface area contributed by atoms with Crippen LogP contribution in [0.25, 0.3) is 0 Å². The number of benzene rings is 1. The maximum Gasteiger partial charge on any atom is 0.319 e. The van der Waals surface area contributed by atoms with Crippen LogP contribution < -0.4 is 10.6 Å². The molecule has 0 radical (unpaired) electrons. The third kappa shape index (κ3) is 3.33. The number of urea groups is 1. The Morgan fingerprint density at radius 2 is 1.91 bits per heavy atom. The molecular formula is C16H18ClN3O3.